The van der Waals surface area contributed by atoms with Crippen molar-refractivity contribution < 1.29 is 9.32 Å². The van der Waals surface area contributed by atoms with Crippen molar-refractivity contribution >= 4 is 6.29 Å². The third-order valence-corrected chi connectivity index (χ3v) is 2.87. The first kappa shape index (κ1) is 10.3. The van der Waals surface area contributed by atoms with E-state index >= 15 is 0 Å². The van der Waals surface area contributed by atoms with E-state index in [1.54, 1.807) is 0 Å². The molecule has 82 valence electrons. The maximum atomic E-state index is 10.4. The van der Waals surface area contributed by atoms with Crippen molar-refractivity contribution in [3.8, 4) is 0 Å². The molecule has 5 heteroatoms. The summed E-state index contributed by atoms with van der Waals surface area (Å²) >= 11 is 0. The lowest BCUT2D eigenvalue weighted by Gasteiger charge is -2.19. The maximum Gasteiger partial charge on any atom is 0.290 e. The molecule has 1 aromatic heterocycles. The number of aldehydes is 1. The molecular formula is C10H15N3O2. The normalized spacial score (nSPS) is 22.5. The number of hydrogen-bond donors (Lipinski definition) is 0. The van der Waals surface area contributed by atoms with Crippen LogP contribution in [0, 0.1) is 0 Å². The van der Waals surface area contributed by atoms with Gasteiger partial charge in [0.1, 0.15) is 0 Å². The lowest BCUT2D eigenvalue weighted by Crippen LogP contribution is -2.28. The number of carbonyl (C=O) groups is 1. The maximum absolute atomic E-state index is 10.4. The average Bonchev–Trinajstić information content (AvgIpc) is 2.86. The summed E-state index contributed by atoms with van der Waals surface area (Å²) in [6.07, 6.45) is 1.63. The van der Waals surface area contributed by atoms with Crippen LogP contribution >= 0.6 is 0 Å². The third kappa shape index (κ3) is 2.07. The van der Waals surface area contributed by atoms with Crippen LogP contribution in [0.15, 0.2) is 4.52 Å². The molecule has 0 bridgehead atoms. The molecule has 0 aromatic carbocycles. The van der Waals surface area contributed by atoms with Crippen LogP contribution in [0.1, 0.15) is 42.7 Å². The highest BCUT2D eigenvalue weighted by Gasteiger charge is 2.28. The van der Waals surface area contributed by atoms with Crippen LogP contribution in [-0.2, 0) is 0 Å². The van der Waals surface area contributed by atoms with Gasteiger partial charge in [-0.25, -0.2) is 0 Å². The summed E-state index contributed by atoms with van der Waals surface area (Å²) in [5.74, 6) is 1.05. The summed E-state index contributed by atoms with van der Waals surface area (Å²) in [6, 6.07) is 0.549. The summed E-state index contributed by atoms with van der Waals surface area (Å²) in [4.78, 5) is 16.8. The van der Waals surface area contributed by atoms with E-state index in [9.17, 15) is 4.79 Å². The third-order valence-electron chi connectivity index (χ3n) is 2.87. The SMILES string of the molecule is CC(C)N1CCC(c2noc(C=O)n2)C1. The number of hydrogen-bond acceptors (Lipinski definition) is 5. The highest BCUT2D eigenvalue weighted by atomic mass is 16.5. The summed E-state index contributed by atoms with van der Waals surface area (Å²) in [6.45, 7) is 6.37. The Labute approximate surface area is 88.5 Å². The van der Waals surface area contributed by atoms with E-state index < -0.39 is 0 Å². The van der Waals surface area contributed by atoms with Gasteiger partial charge in [0, 0.05) is 18.5 Å². The quantitative estimate of drug-likeness (QED) is 0.697. The van der Waals surface area contributed by atoms with Crippen molar-refractivity contribution in [2.24, 2.45) is 0 Å². The fourth-order valence-corrected chi connectivity index (χ4v) is 1.93. The first-order valence-electron chi connectivity index (χ1n) is 5.23. The molecule has 0 N–H and O–H groups in total. The minimum atomic E-state index is 0.0768. The van der Waals surface area contributed by atoms with Gasteiger partial charge in [-0.2, -0.15) is 4.98 Å². The van der Waals surface area contributed by atoms with Crippen LogP contribution in [0.2, 0.25) is 0 Å². The van der Waals surface area contributed by atoms with Crippen LogP contribution in [0.3, 0.4) is 0 Å². The smallest absolute Gasteiger partial charge is 0.290 e. The molecule has 15 heavy (non-hydrogen) atoms. The van der Waals surface area contributed by atoms with Gasteiger partial charge in [0.25, 0.3) is 5.89 Å². The molecular weight excluding hydrogens is 194 g/mol. The number of carbonyl (C=O) groups excluding carboxylic acids is 1. The van der Waals surface area contributed by atoms with Crippen LogP contribution < -0.4 is 0 Å². The molecule has 0 spiro atoms. The zero-order valence-electron chi connectivity index (χ0n) is 9.01. The number of aromatic nitrogens is 2. The molecule has 1 fully saturated rings. The van der Waals surface area contributed by atoms with Gasteiger partial charge in [0.05, 0.1) is 0 Å². The fraction of sp³-hybridized carbons (Fsp3) is 0.700. The summed E-state index contributed by atoms with van der Waals surface area (Å²) in [5, 5.41) is 3.82. The van der Waals surface area contributed by atoms with E-state index in [-0.39, 0.29) is 5.89 Å². The molecule has 1 aliphatic rings. The second kappa shape index (κ2) is 4.10. The topological polar surface area (TPSA) is 59.2 Å². The van der Waals surface area contributed by atoms with Gasteiger partial charge < -0.3 is 9.42 Å². The molecule has 1 unspecified atom stereocenters. The van der Waals surface area contributed by atoms with Crippen LogP contribution in [0.5, 0.6) is 0 Å². The molecule has 0 saturated carbocycles. The standard InChI is InChI=1S/C10H15N3O2/c1-7(2)13-4-3-8(5-13)10-11-9(6-14)15-12-10/h6-8H,3-5H2,1-2H3. The van der Waals surface area contributed by atoms with E-state index in [1.807, 2.05) is 0 Å². The van der Waals surface area contributed by atoms with E-state index in [1.165, 1.54) is 0 Å². The molecule has 1 atom stereocenters. The second-order valence-electron chi connectivity index (χ2n) is 4.18. The Bertz CT molecular complexity index is 348. The minimum absolute atomic E-state index is 0.0768. The summed E-state index contributed by atoms with van der Waals surface area (Å²) in [7, 11) is 0. The van der Waals surface area contributed by atoms with Gasteiger partial charge in [-0.15, -0.1) is 0 Å². The highest BCUT2D eigenvalue weighted by Crippen LogP contribution is 2.25. The Hall–Kier alpha value is -1.23. The first-order valence-corrected chi connectivity index (χ1v) is 5.23. The molecule has 0 amide bonds. The second-order valence-corrected chi connectivity index (χ2v) is 4.18. The molecule has 5 nitrogen and oxygen atoms in total. The predicted octanol–water partition coefficient (Wildman–Crippen LogP) is 1.08. The number of rotatable bonds is 3. The molecule has 2 rings (SSSR count). The van der Waals surface area contributed by atoms with Crippen molar-refractivity contribution in [3.63, 3.8) is 0 Å². The van der Waals surface area contributed by atoms with Gasteiger partial charge >= 0.3 is 0 Å². The molecule has 2 heterocycles. The van der Waals surface area contributed by atoms with Crippen molar-refractivity contribution in [2.75, 3.05) is 13.1 Å². The summed E-state index contributed by atoms with van der Waals surface area (Å²) in [5.41, 5.74) is 0. The summed E-state index contributed by atoms with van der Waals surface area (Å²) < 4.78 is 4.77. The zero-order valence-corrected chi connectivity index (χ0v) is 9.01. The predicted molar refractivity (Wildman–Crippen MR) is 53.8 cm³/mol. The first-order chi connectivity index (χ1) is 7.20. The van der Waals surface area contributed by atoms with E-state index in [4.69, 9.17) is 4.52 Å². The van der Waals surface area contributed by atoms with Gasteiger partial charge in [0.2, 0.25) is 6.29 Å². The Morgan fingerprint density at radius 2 is 2.40 bits per heavy atom. The fourth-order valence-electron chi connectivity index (χ4n) is 1.93. The van der Waals surface area contributed by atoms with Gasteiger partial charge in [-0.05, 0) is 26.8 Å². The molecule has 0 radical (unpaired) electrons. The Morgan fingerprint density at radius 1 is 1.60 bits per heavy atom. The van der Waals surface area contributed by atoms with Crippen LogP contribution in [-0.4, -0.2) is 40.5 Å². The van der Waals surface area contributed by atoms with Gasteiger partial charge in [-0.1, -0.05) is 5.16 Å². The molecule has 1 aliphatic heterocycles. The van der Waals surface area contributed by atoms with Crippen LogP contribution in [0.25, 0.3) is 0 Å². The van der Waals surface area contributed by atoms with Gasteiger partial charge in [-0.3, -0.25) is 4.79 Å². The largest absolute Gasteiger partial charge is 0.331 e. The average molecular weight is 209 g/mol. The lowest BCUT2D eigenvalue weighted by molar-refractivity contribution is 0.108. The molecule has 1 aromatic rings. The van der Waals surface area contributed by atoms with Crippen molar-refractivity contribution in [3.05, 3.63) is 11.7 Å². The van der Waals surface area contributed by atoms with Crippen molar-refractivity contribution in [2.45, 2.75) is 32.2 Å². The lowest BCUT2D eigenvalue weighted by atomic mass is 10.1. The number of nitrogens with zero attached hydrogens (tertiary/aromatic N) is 3. The van der Waals surface area contributed by atoms with Gasteiger partial charge in [0.15, 0.2) is 5.82 Å². The zero-order chi connectivity index (χ0) is 10.8. The number of likely N-dealkylation sites (tertiary alicyclic amines) is 1. The Kier molecular flexibility index (Phi) is 2.81. The minimum Gasteiger partial charge on any atom is -0.331 e. The molecule has 0 aliphatic carbocycles. The highest BCUT2D eigenvalue weighted by molar-refractivity contribution is 5.66. The van der Waals surface area contributed by atoms with Crippen molar-refractivity contribution in [1.29, 1.82) is 0 Å². The Balaban J connectivity index is 2.04. The Morgan fingerprint density at radius 3 is 2.93 bits per heavy atom. The van der Waals surface area contributed by atoms with Crippen molar-refractivity contribution in [1.82, 2.24) is 15.0 Å². The molecule has 1 saturated heterocycles. The van der Waals surface area contributed by atoms with Crippen LogP contribution in [0.4, 0.5) is 0 Å². The van der Waals surface area contributed by atoms with E-state index in [0.717, 1.165) is 19.5 Å². The van der Waals surface area contributed by atoms with E-state index in [0.29, 0.717) is 24.1 Å². The monoisotopic (exact) mass is 209 g/mol. The van der Waals surface area contributed by atoms with E-state index in [2.05, 4.69) is 28.9 Å².